The van der Waals surface area contributed by atoms with Crippen LogP contribution in [0.1, 0.15) is 22.6 Å². The maximum Gasteiger partial charge on any atom is 0.316 e. The number of hydrogen-bond donors (Lipinski definition) is 0. The molecule has 2 atom stereocenters. The fraction of sp³-hybridized carbons (Fsp3) is 0.387. The summed E-state index contributed by atoms with van der Waals surface area (Å²) in [6.45, 7) is 11.5. The standard InChI is InChI=1S/C18H17NO2.C13H23NOSi/c20-18-16-12-19(10-13-6-2-1-3-7-13)11-15(16)14-8-4-5-9-17(14)21-18;1-15-11-14(12-16(2,3)4)10-13-8-6-5-7-9-13/h1-9,15-16H,10-12H2;5-9H,10-12H2,1-4H3. The number of para-hydroxylation sites is 1. The number of methoxy groups -OCH3 is 1. The summed E-state index contributed by atoms with van der Waals surface area (Å²) in [5, 5.41) is 0. The highest BCUT2D eigenvalue weighted by molar-refractivity contribution is 6.76. The zero-order valence-corrected chi connectivity index (χ0v) is 23.6. The third-order valence-electron chi connectivity index (χ3n) is 6.73. The molecule has 0 N–H and O–H groups in total. The first kappa shape index (κ1) is 27.3. The van der Waals surface area contributed by atoms with E-state index >= 15 is 0 Å². The van der Waals surface area contributed by atoms with E-state index in [1.807, 2.05) is 24.3 Å². The first-order valence-corrected chi connectivity index (χ1v) is 16.9. The summed E-state index contributed by atoms with van der Waals surface area (Å²) >= 11 is 0. The second-order valence-electron chi connectivity index (χ2n) is 11.3. The van der Waals surface area contributed by atoms with Crippen LogP contribution in [0.4, 0.5) is 0 Å². The van der Waals surface area contributed by atoms with E-state index in [1.165, 1.54) is 22.9 Å². The molecule has 0 bridgehead atoms. The minimum atomic E-state index is -1.07. The Hall–Kier alpha value is -2.77. The zero-order valence-electron chi connectivity index (χ0n) is 22.6. The fourth-order valence-electron chi connectivity index (χ4n) is 5.32. The number of hydrogen-bond acceptors (Lipinski definition) is 5. The van der Waals surface area contributed by atoms with Crippen molar-refractivity contribution in [2.24, 2.45) is 5.92 Å². The molecule has 5 rings (SSSR count). The molecule has 1 saturated heterocycles. The van der Waals surface area contributed by atoms with E-state index in [1.54, 1.807) is 7.11 Å². The summed E-state index contributed by atoms with van der Waals surface area (Å²) in [4.78, 5) is 16.9. The van der Waals surface area contributed by atoms with Gasteiger partial charge in [-0.2, -0.15) is 0 Å². The molecule has 2 aliphatic rings. The Morgan fingerprint density at radius 2 is 1.46 bits per heavy atom. The van der Waals surface area contributed by atoms with Crippen LogP contribution < -0.4 is 4.74 Å². The highest BCUT2D eigenvalue weighted by Gasteiger charge is 2.43. The van der Waals surface area contributed by atoms with Crippen LogP contribution in [0.25, 0.3) is 0 Å². The maximum atomic E-state index is 12.2. The number of benzene rings is 3. The quantitative estimate of drug-likeness (QED) is 0.164. The van der Waals surface area contributed by atoms with E-state index in [4.69, 9.17) is 9.47 Å². The largest absolute Gasteiger partial charge is 0.426 e. The fourth-order valence-corrected chi connectivity index (χ4v) is 6.86. The van der Waals surface area contributed by atoms with Gasteiger partial charge in [0.2, 0.25) is 0 Å². The molecule has 0 saturated carbocycles. The highest BCUT2D eigenvalue weighted by atomic mass is 28.3. The maximum absolute atomic E-state index is 12.2. The van der Waals surface area contributed by atoms with Gasteiger partial charge in [-0.1, -0.05) is 98.5 Å². The summed E-state index contributed by atoms with van der Waals surface area (Å²) in [7, 11) is 0.701. The van der Waals surface area contributed by atoms with E-state index < -0.39 is 8.07 Å². The molecule has 3 aromatic rings. The average molecular weight is 517 g/mol. The predicted octanol–water partition coefficient (Wildman–Crippen LogP) is 5.79. The number of fused-ring (bicyclic) bond motifs is 3. The molecule has 2 aliphatic heterocycles. The Kier molecular flexibility index (Phi) is 9.32. The number of carbonyl (C=O) groups is 1. The van der Waals surface area contributed by atoms with Gasteiger partial charge in [0.05, 0.1) is 20.7 Å². The molecular formula is C31H40N2O3Si. The van der Waals surface area contributed by atoms with Gasteiger partial charge in [-0.3, -0.25) is 14.6 Å². The van der Waals surface area contributed by atoms with Crippen LogP contribution in [-0.4, -0.2) is 56.9 Å². The second-order valence-corrected chi connectivity index (χ2v) is 16.7. The first-order chi connectivity index (χ1) is 17.8. The first-order valence-electron chi connectivity index (χ1n) is 13.1. The second kappa shape index (κ2) is 12.7. The monoisotopic (exact) mass is 516 g/mol. The van der Waals surface area contributed by atoms with Crippen molar-refractivity contribution >= 4 is 14.0 Å². The summed E-state index contributed by atoms with van der Waals surface area (Å²) in [6, 6.07) is 28.9. The number of nitrogens with zero attached hydrogens (tertiary/aromatic N) is 2. The van der Waals surface area contributed by atoms with E-state index in [0.717, 1.165) is 38.7 Å². The van der Waals surface area contributed by atoms with Gasteiger partial charge in [0.1, 0.15) is 5.75 Å². The topological polar surface area (TPSA) is 42.0 Å². The Balaban J connectivity index is 0.000000181. The predicted molar refractivity (Wildman–Crippen MR) is 152 cm³/mol. The van der Waals surface area contributed by atoms with Crippen molar-refractivity contribution in [1.82, 2.24) is 9.80 Å². The van der Waals surface area contributed by atoms with Crippen LogP contribution in [0.15, 0.2) is 84.9 Å². The van der Waals surface area contributed by atoms with Gasteiger partial charge < -0.3 is 9.47 Å². The van der Waals surface area contributed by atoms with Crippen molar-refractivity contribution in [3.8, 4) is 5.75 Å². The molecule has 0 amide bonds. The van der Waals surface area contributed by atoms with E-state index in [9.17, 15) is 4.79 Å². The number of rotatable bonds is 8. The van der Waals surface area contributed by atoms with Gasteiger partial charge in [0.25, 0.3) is 0 Å². The van der Waals surface area contributed by atoms with Crippen molar-refractivity contribution in [3.05, 3.63) is 102 Å². The molecule has 196 valence electrons. The zero-order chi connectivity index (χ0) is 26.3. The Bertz CT molecular complexity index is 1130. The highest BCUT2D eigenvalue weighted by Crippen LogP contribution is 2.42. The minimum Gasteiger partial charge on any atom is -0.426 e. The molecule has 0 aliphatic carbocycles. The molecule has 1 fully saturated rings. The van der Waals surface area contributed by atoms with Crippen molar-refractivity contribution in [2.75, 3.05) is 33.1 Å². The molecule has 0 radical (unpaired) electrons. The van der Waals surface area contributed by atoms with Gasteiger partial charge in [-0.05, 0) is 23.4 Å². The van der Waals surface area contributed by atoms with Crippen LogP contribution in [0.5, 0.6) is 5.75 Å². The van der Waals surface area contributed by atoms with Crippen molar-refractivity contribution in [1.29, 1.82) is 0 Å². The smallest absolute Gasteiger partial charge is 0.316 e. The van der Waals surface area contributed by atoms with E-state index in [-0.39, 0.29) is 17.8 Å². The summed E-state index contributed by atoms with van der Waals surface area (Å²) in [6.07, 6.45) is 1.18. The van der Waals surface area contributed by atoms with Crippen LogP contribution in [0.3, 0.4) is 0 Å². The van der Waals surface area contributed by atoms with Crippen molar-refractivity contribution in [3.63, 3.8) is 0 Å². The van der Waals surface area contributed by atoms with Gasteiger partial charge in [0, 0.05) is 44.8 Å². The van der Waals surface area contributed by atoms with Crippen molar-refractivity contribution in [2.45, 2.75) is 38.6 Å². The Morgan fingerprint density at radius 1 is 0.865 bits per heavy atom. The number of likely N-dealkylation sites (tertiary alicyclic amines) is 1. The minimum absolute atomic E-state index is 0.0244. The van der Waals surface area contributed by atoms with Gasteiger partial charge >= 0.3 is 5.97 Å². The summed E-state index contributed by atoms with van der Waals surface area (Å²) < 4.78 is 10.7. The third kappa shape index (κ3) is 7.85. The summed E-state index contributed by atoms with van der Waals surface area (Å²) in [5.41, 5.74) is 3.83. The molecule has 0 aromatic heterocycles. The number of carbonyl (C=O) groups excluding carboxylic acids is 1. The Labute approximate surface area is 223 Å². The van der Waals surface area contributed by atoms with Crippen molar-refractivity contribution < 1.29 is 14.3 Å². The molecule has 2 heterocycles. The Morgan fingerprint density at radius 3 is 2.11 bits per heavy atom. The lowest BCUT2D eigenvalue weighted by Crippen LogP contribution is -2.40. The molecule has 37 heavy (non-hydrogen) atoms. The van der Waals surface area contributed by atoms with Gasteiger partial charge in [-0.15, -0.1) is 0 Å². The normalized spacial score (nSPS) is 19.0. The van der Waals surface area contributed by atoms with Gasteiger partial charge in [-0.25, -0.2) is 0 Å². The van der Waals surface area contributed by atoms with E-state index in [2.05, 4.69) is 90.1 Å². The molecule has 0 spiro atoms. The third-order valence-corrected chi connectivity index (χ3v) is 8.13. The molecule has 6 heteroatoms. The molecule has 3 aromatic carbocycles. The van der Waals surface area contributed by atoms with Gasteiger partial charge in [0.15, 0.2) is 0 Å². The molecule has 2 unspecified atom stereocenters. The number of ether oxygens (including phenoxy) is 2. The molecular weight excluding hydrogens is 476 g/mol. The average Bonchev–Trinajstić information content (AvgIpc) is 3.30. The van der Waals surface area contributed by atoms with Crippen LogP contribution in [0, 0.1) is 5.92 Å². The lowest BCUT2D eigenvalue weighted by molar-refractivity contribution is -0.140. The number of esters is 1. The van der Waals surface area contributed by atoms with Crippen LogP contribution >= 0.6 is 0 Å². The van der Waals surface area contributed by atoms with E-state index in [0.29, 0.717) is 0 Å². The lowest BCUT2D eigenvalue weighted by Gasteiger charge is -2.28. The van der Waals surface area contributed by atoms with Crippen LogP contribution in [0.2, 0.25) is 19.6 Å². The summed E-state index contributed by atoms with van der Waals surface area (Å²) in [5.74, 6) is 0.911. The lowest BCUT2D eigenvalue weighted by atomic mass is 9.86. The van der Waals surface area contributed by atoms with Crippen LogP contribution in [-0.2, 0) is 22.6 Å². The molecule has 5 nitrogen and oxygen atoms in total. The SMILES string of the molecule is COCN(Cc1ccccc1)C[Si](C)(C)C.O=C1Oc2ccccc2C2CN(Cc3ccccc3)CC12.